The Labute approximate surface area is 164 Å². The number of carbonyl (C=O) groups excluding carboxylic acids is 1. The smallest absolute Gasteiger partial charge is 0.224 e. The van der Waals surface area contributed by atoms with Crippen molar-refractivity contribution in [3.63, 3.8) is 0 Å². The lowest BCUT2D eigenvalue weighted by Crippen LogP contribution is -2.13. The number of hydrogen-bond donors (Lipinski definition) is 1. The first-order valence-electron chi connectivity index (χ1n) is 9.30. The number of oxazole rings is 1. The number of ether oxygens (including phenoxy) is 2. The molecule has 1 heterocycles. The maximum atomic E-state index is 12.3. The molecule has 146 valence electrons. The molecule has 1 N–H and O–H groups in total. The zero-order valence-corrected chi connectivity index (χ0v) is 16.1. The van der Waals surface area contributed by atoms with Gasteiger partial charge in [-0.15, -0.1) is 0 Å². The van der Waals surface area contributed by atoms with Gasteiger partial charge in [0.15, 0.2) is 11.7 Å². The second-order valence-corrected chi connectivity index (χ2v) is 6.24. The fourth-order valence-corrected chi connectivity index (χ4v) is 2.66. The highest BCUT2D eigenvalue weighted by Gasteiger charge is 2.11. The van der Waals surface area contributed by atoms with Gasteiger partial charge in [-0.25, -0.2) is 4.98 Å². The van der Waals surface area contributed by atoms with Gasteiger partial charge in [0, 0.05) is 18.4 Å². The molecule has 0 spiro atoms. The average molecular weight is 380 g/mol. The Morgan fingerprint density at radius 3 is 2.68 bits per heavy atom. The van der Waals surface area contributed by atoms with E-state index in [1.165, 1.54) is 0 Å². The van der Waals surface area contributed by atoms with E-state index >= 15 is 0 Å². The van der Waals surface area contributed by atoms with Crippen molar-refractivity contribution >= 4 is 11.6 Å². The summed E-state index contributed by atoms with van der Waals surface area (Å²) < 4.78 is 16.6. The highest BCUT2D eigenvalue weighted by molar-refractivity contribution is 5.92. The highest BCUT2D eigenvalue weighted by atomic mass is 16.5. The van der Waals surface area contributed by atoms with Crippen LogP contribution >= 0.6 is 0 Å². The lowest BCUT2D eigenvalue weighted by Gasteiger charge is -2.11. The molecule has 0 bridgehead atoms. The van der Waals surface area contributed by atoms with Crippen LogP contribution in [0.3, 0.4) is 0 Å². The van der Waals surface area contributed by atoms with Gasteiger partial charge in [0.05, 0.1) is 25.6 Å². The van der Waals surface area contributed by atoms with Gasteiger partial charge in [-0.2, -0.15) is 0 Å². The molecule has 0 unspecified atom stereocenters. The SMILES string of the molecule is CCCOc1ccccc1NC(=O)CCc1ncc(-c2ccc(OC)cc2)o1. The summed E-state index contributed by atoms with van der Waals surface area (Å²) in [4.78, 5) is 16.6. The molecule has 6 nitrogen and oxygen atoms in total. The van der Waals surface area contributed by atoms with Crippen LogP contribution in [0.4, 0.5) is 5.69 Å². The third kappa shape index (κ3) is 5.13. The van der Waals surface area contributed by atoms with Crippen LogP contribution in [-0.4, -0.2) is 24.6 Å². The standard InChI is InChI=1S/C22H24N2O4/c1-3-14-27-19-7-5-4-6-18(19)24-21(25)12-13-22-23-15-20(28-22)16-8-10-17(26-2)11-9-16/h4-11,15H,3,12-14H2,1-2H3,(H,24,25). The maximum Gasteiger partial charge on any atom is 0.224 e. The molecule has 3 aromatic rings. The first-order valence-corrected chi connectivity index (χ1v) is 9.30. The number of anilines is 1. The van der Waals surface area contributed by atoms with Crippen molar-refractivity contribution in [2.45, 2.75) is 26.2 Å². The van der Waals surface area contributed by atoms with Crippen molar-refractivity contribution in [1.82, 2.24) is 4.98 Å². The number of hydrogen-bond acceptors (Lipinski definition) is 5. The van der Waals surface area contributed by atoms with Crippen LogP contribution in [0.15, 0.2) is 59.1 Å². The fraction of sp³-hybridized carbons (Fsp3) is 0.273. The average Bonchev–Trinajstić information content (AvgIpc) is 3.21. The Morgan fingerprint density at radius 1 is 1.14 bits per heavy atom. The Morgan fingerprint density at radius 2 is 1.93 bits per heavy atom. The van der Waals surface area contributed by atoms with Crippen LogP contribution in [-0.2, 0) is 11.2 Å². The minimum atomic E-state index is -0.114. The third-order valence-corrected chi connectivity index (χ3v) is 4.12. The molecule has 0 radical (unpaired) electrons. The lowest BCUT2D eigenvalue weighted by molar-refractivity contribution is -0.116. The fourth-order valence-electron chi connectivity index (χ4n) is 2.66. The van der Waals surface area contributed by atoms with E-state index in [-0.39, 0.29) is 12.3 Å². The summed E-state index contributed by atoms with van der Waals surface area (Å²) >= 11 is 0. The number of nitrogens with zero attached hydrogens (tertiary/aromatic N) is 1. The zero-order chi connectivity index (χ0) is 19.8. The molecule has 0 aliphatic carbocycles. The van der Waals surface area contributed by atoms with Gasteiger partial charge in [0.1, 0.15) is 11.5 Å². The van der Waals surface area contributed by atoms with Crippen molar-refractivity contribution in [3.05, 3.63) is 60.6 Å². The molecule has 0 saturated heterocycles. The van der Waals surface area contributed by atoms with Gasteiger partial charge in [0.2, 0.25) is 5.91 Å². The molecule has 0 aliphatic heterocycles. The lowest BCUT2D eigenvalue weighted by atomic mass is 10.2. The number of benzene rings is 2. The van der Waals surface area contributed by atoms with Crippen LogP contribution in [0.5, 0.6) is 11.5 Å². The summed E-state index contributed by atoms with van der Waals surface area (Å²) in [6, 6.07) is 15.0. The van der Waals surface area contributed by atoms with Crippen molar-refractivity contribution in [1.29, 1.82) is 0 Å². The number of carbonyl (C=O) groups is 1. The second kappa shape index (κ2) is 9.60. The van der Waals surface area contributed by atoms with Gasteiger partial charge in [0.25, 0.3) is 0 Å². The minimum absolute atomic E-state index is 0.114. The van der Waals surface area contributed by atoms with E-state index in [1.54, 1.807) is 13.3 Å². The number of rotatable bonds is 9. The summed E-state index contributed by atoms with van der Waals surface area (Å²) in [7, 11) is 1.63. The second-order valence-electron chi connectivity index (χ2n) is 6.24. The Balaban J connectivity index is 1.56. The van der Waals surface area contributed by atoms with Crippen molar-refractivity contribution < 1.29 is 18.7 Å². The Kier molecular flexibility index (Phi) is 6.68. The van der Waals surface area contributed by atoms with Crippen molar-refractivity contribution in [2.75, 3.05) is 19.0 Å². The largest absolute Gasteiger partial charge is 0.497 e. The van der Waals surface area contributed by atoms with Gasteiger partial charge >= 0.3 is 0 Å². The third-order valence-electron chi connectivity index (χ3n) is 4.12. The summed E-state index contributed by atoms with van der Waals surface area (Å²) in [6.45, 7) is 2.65. The van der Waals surface area contributed by atoms with Crippen LogP contribution in [0, 0.1) is 0 Å². The molecule has 1 aromatic heterocycles. The number of nitrogens with one attached hydrogen (secondary N) is 1. The van der Waals surface area contributed by atoms with E-state index in [0.29, 0.717) is 36.1 Å². The molecule has 0 aliphatic rings. The quantitative estimate of drug-likeness (QED) is 0.582. The molecule has 0 fully saturated rings. The maximum absolute atomic E-state index is 12.3. The summed E-state index contributed by atoms with van der Waals surface area (Å²) in [5, 5.41) is 2.89. The van der Waals surface area contributed by atoms with Crippen molar-refractivity contribution in [3.8, 4) is 22.8 Å². The normalized spacial score (nSPS) is 10.5. The molecular weight excluding hydrogens is 356 g/mol. The van der Waals surface area contributed by atoms with Crippen LogP contribution in [0.1, 0.15) is 25.7 Å². The molecule has 1 amide bonds. The predicted molar refractivity (Wildman–Crippen MR) is 108 cm³/mol. The number of amides is 1. The van der Waals surface area contributed by atoms with E-state index in [4.69, 9.17) is 13.9 Å². The number of aromatic nitrogens is 1. The monoisotopic (exact) mass is 380 g/mol. The highest BCUT2D eigenvalue weighted by Crippen LogP contribution is 2.25. The number of aryl methyl sites for hydroxylation is 1. The van der Waals surface area contributed by atoms with Crippen LogP contribution in [0.25, 0.3) is 11.3 Å². The van der Waals surface area contributed by atoms with E-state index < -0.39 is 0 Å². The molecule has 2 aromatic carbocycles. The Hall–Kier alpha value is -3.28. The topological polar surface area (TPSA) is 73.6 Å². The summed E-state index contributed by atoms with van der Waals surface area (Å²) in [5.74, 6) is 2.53. The van der Waals surface area contributed by atoms with Crippen LogP contribution < -0.4 is 14.8 Å². The van der Waals surface area contributed by atoms with E-state index in [9.17, 15) is 4.79 Å². The van der Waals surface area contributed by atoms with E-state index in [1.807, 2.05) is 55.5 Å². The first kappa shape index (κ1) is 19.5. The van der Waals surface area contributed by atoms with Gasteiger partial charge in [-0.1, -0.05) is 19.1 Å². The molecular formula is C22H24N2O4. The van der Waals surface area contributed by atoms with Crippen molar-refractivity contribution in [2.24, 2.45) is 0 Å². The number of methoxy groups -OCH3 is 1. The van der Waals surface area contributed by atoms with Gasteiger partial charge < -0.3 is 19.2 Å². The van der Waals surface area contributed by atoms with E-state index in [0.717, 1.165) is 17.7 Å². The van der Waals surface area contributed by atoms with Gasteiger partial charge in [-0.3, -0.25) is 4.79 Å². The molecule has 3 rings (SSSR count). The van der Waals surface area contributed by atoms with E-state index in [2.05, 4.69) is 10.3 Å². The number of para-hydroxylation sites is 2. The summed E-state index contributed by atoms with van der Waals surface area (Å²) in [5.41, 5.74) is 1.58. The molecule has 6 heteroatoms. The van der Waals surface area contributed by atoms with Gasteiger partial charge in [-0.05, 0) is 42.8 Å². The molecule has 0 atom stereocenters. The Bertz CT molecular complexity index is 903. The zero-order valence-electron chi connectivity index (χ0n) is 16.1. The molecule has 28 heavy (non-hydrogen) atoms. The minimum Gasteiger partial charge on any atom is -0.497 e. The summed E-state index contributed by atoms with van der Waals surface area (Å²) in [6.07, 6.45) is 3.26. The molecule has 0 saturated carbocycles. The predicted octanol–water partition coefficient (Wildman–Crippen LogP) is 4.71. The first-order chi connectivity index (χ1) is 13.7. The van der Waals surface area contributed by atoms with Crippen LogP contribution in [0.2, 0.25) is 0 Å².